The first-order valence-corrected chi connectivity index (χ1v) is 13.0. The number of amides is 1. The van der Waals surface area contributed by atoms with Crippen molar-refractivity contribution in [2.24, 2.45) is 0 Å². The molecule has 186 valence electrons. The number of aryl methyl sites for hydroxylation is 1. The van der Waals surface area contributed by atoms with Gasteiger partial charge in [0.05, 0.1) is 28.3 Å². The minimum absolute atomic E-state index is 0.00481. The van der Waals surface area contributed by atoms with Crippen LogP contribution in [0.3, 0.4) is 0 Å². The maximum Gasteiger partial charge on any atom is 0.342 e. The summed E-state index contributed by atoms with van der Waals surface area (Å²) in [6, 6.07) is 22.5. The number of carbonyl (C=O) groups excluding carboxylic acids is 2. The molecule has 1 aromatic heterocycles. The number of carbonyl (C=O) groups is 2. The molecular formula is C28H20ClNO6S. The summed E-state index contributed by atoms with van der Waals surface area (Å²) < 4.78 is 39.4. The van der Waals surface area contributed by atoms with Gasteiger partial charge in [0.15, 0.2) is 0 Å². The number of anilines is 1. The Morgan fingerprint density at radius 3 is 2.32 bits per heavy atom. The number of ether oxygens (including phenoxy) is 1. The lowest BCUT2D eigenvalue weighted by Crippen LogP contribution is -2.37. The Balaban J connectivity index is 1.75. The number of rotatable bonds is 5. The van der Waals surface area contributed by atoms with Crippen molar-refractivity contribution in [1.29, 1.82) is 0 Å². The van der Waals surface area contributed by atoms with Crippen molar-refractivity contribution in [3.05, 3.63) is 107 Å². The molecule has 0 saturated carbocycles. The van der Waals surface area contributed by atoms with Crippen LogP contribution in [0, 0.1) is 6.92 Å². The van der Waals surface area contributed by atoms with Gasteiger partial charge in [0.1, 0.15) is 16.9 Å². The molecule has 5 rings (SSSR count). The number of methoxy groups -OCH3 is 1. The predicted molar refractivity (Wildman–Crippen MR) is 142 cm³/mol. The molecule has 1 amide bonds. The molecule has 0 bridgehead atoms. The van der Waals surface area contributed by atoms with Gasteiger partial charge < -0.3 is 9.15 Å². The lowest BCUT2D eigenvalue weighted by Gasteiger charge is -2.23. The number of furan rings is 1. The Morgan fingerprint density at radius 2 is 1.59 bits per heavy atom. The van der Waals surface area contributed by atoms with Gasteiger partial charge in [-0.25, -0.2) is 13.2 Å². The SMILES string of the molecule is COC(=O)c1c(C)oc2ccc(N(C(=O)c3ccccc3Cl)S(=O)(=O)c3ccc4ccccc4c3)cc12. The molecule has 0 aliphatic carbocycles. The molecule has 1 heterocycles. The average molecular weight is 534 g/mol. The number of nitrogens with zero attached hydrogens (tertiary/aromatic N) is 1. The summed E-state index contributed by atoms with van der Waals surface area (Å²) in [4.78, 5) is 26.2. The summed E-state index contributed by atoms with van der Waals surface area (Å²) in [5, 5.41) is 1.96. The van der Waals surface area contributed by atoms with Gasteiger partial charge in [0.2, 0.25) is 0 Å². The van der Waals surface area contributed by atoms with Crippen LogP contribution < -0.4 is 4.31 Å². The van der Waals surface area contributed by atoms with E-state index in [1.54, 1.807) is 37.3 Å². The summed E-state index contributed by atoms with van der Waals surface area (Å²) in [7, 11) is -3.19. The molecule has 4 aromatic carbocycles. The smallest absolute Gasteiger partial charge is 0.342 e. The second kappa shape index (κ2) is 9.38. The van der Waals surface area contributed by atoms with Crippen molar-refractivity contribution in [2.75, 3.05) is 11.4 Å². The van der Waals surface area contributed by atoms with Crippen LogP contribution in [-0.2, 0) is 14.8 Å². The molecule has 0 saturated heterocycles. The van der Waals surface area contributed by atoms with Crippen molar-refractivity contribution in [3.63, 3.8) is 0 Å². The van der Waals surface area contributed by atoms with Crippen LogP contribution in [0.25, 0.3) is 21.7 Å². The van der Waals surface area contributed by atoms with E-state index in [9.17, 15) is 18.0 Å². The molecule has 0 unspecified atom stereocenters. The third-order valence-corrected chi connectivity index (χ3v) is 8.06. The number of sulfonamides is 1. The van der Waals surface area contributed by atoms with Crippen molar-refractivity contribution in [1.82, 2.24) is 0 Å². The number of hydrogen-bond acceptors (Lipinski definition) is 6. The number of benzene rings is 4. The van der Waals surface area contributed by atoms with Crippen LogP contribution in [0.5, 0.6) is 0 Å². The van der Waals surface area contributed by atoms with Gasteiger partial charge >= 0.3 is 5.97 Å². The number of hydrogen-bond donors (Lipinski definition) is 0. The molecule has 0 spiro atoms. The Bertz CT molecular complexity index is 1810. The monoisotopic (exact) mass is 533 g/mol. The molecule has 9 heteroatoms. The van der Waals surface area contributed by atoms with Crippen molar-refractivity contribution >= 4 is 60.9 Å². The zero-order valence-electron chi connectivity index (χ0n) is 19.8. The lowest BCUT2D eigenvalue weighted by atomic mass is 10.1. The van der Waals surface area contributed by atoms with E-state index in [1.165, 1.54) is 49.6 Å². The highest BCUT2D eigenvalue weighted by Gasteiger charge is 2.34. The summed E-state index contributed by atoms with van der Waals surface area (Å²) >= 11 is 6.29. The van der Waals surface area contributed by atoms with Gasteiger partial charge in [-0.2, -0.15) is 4.31 Å². The third kappa shape index (κ3) is 4.24. The van der Waals surface area contributed by atoms with Crippen LogP contribution in [0.2, 0.25) is 5.02 Å². The van der Waals surface area contributed by atoms with E-state index in [2.05, 4.69) is 0 Å². The van der Waals surface area contributed by atoms with Crippen LogP contribution in [0.4, 0.5) is 5.69 Å². The molecule has 7 nitrogen and oxygen atoms in total. The zero-order valence-corrected chi connectivity index (χ0v) is 21.3. The van der Waals surface area contributed by atoms with Gasteiger partial charge in [-0.15, -0.1) is 0 Å². The largest absolute Gasteiger partial charge is 0.465 e. The maximum absolute atomic E-state index is 14.1. The lowest BCUT2D eigenvalue weighted by molar-refractivity contribution is 0.0600. The minimum Gasteiger partial charge on any atom is -0.465 e. The van der Waals surface area contributed by atoms with Crippen molar-refractivity contribution in [2.45, 2.75) is 11.8 Å². The molecular weight excluding hydrogens is 514 g/mol. The van der Waals surface area contributed by atoms with Crippen LogP contribution in [-0.4, -0.2) is 27.4 Å². The fourth-order valence-corrected chi connectivity index (χ4v) is 5.88. The normalized spacial score (nSPS) is 11.5. The summed E-state index contributed by atoms with van der Waals surface area (Å²) in [6.45, 7) is 1.60. The Morgan fingerprint density at radius 1 is 0.892 bits per heavy atom. The van der Waals surface area contributed by atoms with Crippen LogP contribution in [0.1, 0.15) is 26.5 Å². The fourth-order valence-electron chi connectivity index (χ4n) is 4.23. The highest BCUT2D eigenvalue weighted by Crippen LogP contribution is 2.34. The molecule has 37 heavy (non-hydrogen) atoms. The van der Waals surface area contributed by atoms with E-state index in [1.807, 2.05) is 12.1 Å². The highest BCUT2D eigenvalue weighted by molar-refractivity contribution is 7.93. The number of fused-ring (bicyclic) bond motifs is 2. The van der Waals surface area contributed by atoms with Gasteiger partial charge in [-0.05, 0) is 60.2 Å². The summed E-state index contributed by atoms with van der Waals surface area (Å²) in [5.41, 5.74) is 0.504. The van der Waals surface area contributed by atoms with Crippen LogP contribution in [0.15, 0.2) is 94.2 Å². The second-order valence-electron chi connectivity index (χ2n) is 8.27. The molecule has 0 atom stereocenters. The number of halogens is 1. The highest BCUT2D eigenvalue weighted by atomic mass is 35.5. The first kappa shape index (κ1) is 24.5. The molecule has 0 fully saturated rings. The summed E-state index contributed by atoms with van der Waals surface area (Å²) in [6.07, 6.45) is 0. The first-order chi connectivity index (χ1) is 17.7. The molecule has 5 aromatic rings. The molecule has 0 N–H and O–H groups in total. The topological polar surface area (TPSA) is 93.9 Å². The van der Waals surface area contributed by atoms with Gasteiger partial charge in [0.25, 0.3) is 15.9 Å². The minimum atomic E-state index is -4.43. The Labute approximate surface area is 217 Å². The van der Waals surface area contributed by atoms with E-state index in [4.69, 9.17) is 20.8 Å². The average Bonchev–Trinajstić information content (AvgIpc) is 3.23. The van der Waals surface area contributed by atoms with Crippen molar-refractivity contribution < 1.29 is 27.2 Å². The van der Waals surface area contributed by atoms with E-state index in [-0.39, 0.29) is 26.7 Å². The molecule has 0 aliphatic rings. The second-order valence-corrected chi connectivity index (χ2v) is 10.5. The van der Waals surface area contributed by atoms with E-state index in [0.717, 1.165) is 5.39 Å². The molecule has 0 radical (unpaired) electrons. The standard InChI is InChI=1S/C28H20ClNO6S/c1-17-26(28(32)35-2)23-16-20(12-14-25(23)36-17)30(27(31)22-9-5-6-10-24(22)29)37(33,34)21-13-11-18-7-3-4-8-19(18)15-21/h3-16H,1-2H3. The summed E-state index contributed by atoms with van der Waals surface area (Å²) in [5.74, 6) is -1.19. The van der Waals surface area contributed by atoms with Crippen molar-refractivity contribution in [3.8, 4) is 0 Å². The van der Waals surface area contributed by atoms with E-state index < -0.39 is 21.9 Å². The van der Waals surface area contributed by atoms with Gasteiger partial charge in [0, 0.05) is 5.39 Å². The zero-order chi connectivity index (χ0) is 26.3. The van der Waals surface area contributed by atoms with Gasteiger partial charge in [-0.1, -0.05) is 54.1 Å². The quantitative estimate of drug-likeness (QED) is 0.244. The van der Waals surface area contributed by atoms with E-state index in [0.29, 0.717) is 26.4 Å². The van der Waals surface area contributed by atoms with Gasteiger partial charge in [-0.3, -0.25) is 4.79 Å². The fraction of sp³-hybridized carbons (Fsp3) is 0.0714. The number of esters is 1. The van der Waals surface area contributed by atoms with Crippen LogP contribution >= 0.6 is 11.6 Å². The molecule has 0 aliphatic heterocycles. The predicted octanol–water partition coefficient (Wildman–Crippen LogP) is 6.37. The third-order valence-electron chi connectivity index (χ3n) is 6.02. The first-order valence-electron chi connectivity index (χ1n) is 11.2. The Kier molecular flexibility index (Phi) is 6.23. The Hall–Kier alpha value is -4.14. The maximum atomic E-state index is 14.1. The van der Waals surface area contributed by atoms with E-state index >= 15 is 0 Å².